The van der Waals surface area contributed by atoms with E-state index in [4.69, 9.17) is 5.73 Å². The van der Waals surface area contributed by atoms with Gasteiger partial charge in [-0.1, -0.05) is 0 Å². The molecule has 12 heavy (non-hydrogen) atoms. The van der Waals surface area contributed by atoms with Crippen molar-refractivity contribution in [3.05, 3.63) is 0 Å². The minimum absolute atomic E-state index is 0.271. The normalized spacial score (nSPS) is 23.3. The average Bonchev–Trinajstić information content (AvgIpc) is 1.82. The molecule has 1 atom stereocenters. The average molecular weight is 171 g/mol. The zero-order chi connectivity index (χ0) is 9.14. The van der Waals surface area contributed by atoms with Crippen molar-refractivity contribution in [3.8, 4) is 0 Å². The maximum atomic E-state index is 9.36. The van der Waals surface area contributed by atoms with Gasteiger partial charge in [-0.3, -0.25) is 4.90 Å². The van der Waals surface area contributed by atoms with Crippen LogP contribution in [0.3, 0.4) is 0 Å². The van der Waals surface area contributed by atoms with Crippen LogP contribution in [0, 0.1) is 5.92 Å². The molecular weight excluding hydrogens is 154 g/mol. The number of aliphatic hydroxyl groups is 1. The third kappa shape index (κ3) is 1.95. The van der Waals surface area contributed by atoms with Crippen LogP contribution in [0.25, 0.3) is 0 Å². The standard InChI is InChI=1S/C8H17N3O/c1-6(2)11-3-7(4-11)8(12)10-5-9/h5-8,12H,3-4H2,1-2H3,(H2,9,10). The summed E-state index contributed by atoms with van der Waals surface area (Å²) in [7, 11) is 0. The fraction of sp³-hybridized carbons (Fsp3) is 0.875. The second-order valence-electron chi connectivity index (χ2n) is 3.52. The first kappa shape index (κ1) is 9.48. The lowest BCUT2D eigenvalue weighted by Crippen LogP contribution is -2.54. The van der Waals surface area contributed by atoms with Gasteiger partial charge in [0.15, 0.2) is 6.23 Å². The van der Waals surface area contributed by atoms with E-state index >= 15 is 0 Å². The molecule has 4 nitrogen and oxygen atoms in total. The molecule has 70 valence electrons. The molecule has 1 heterocycles. The molecule has 1 fully saturated rings. The molecule has 0 amide bonds. The third-order valence-electron chi connectivity index (χ3n) is 2.33. The molecule has 0 aliphatic carbocycles. The smallest absolute Gasteiger partial charge is 0.152 e. The van der Waals surface area contributed by atoms with Crippen molar-refractivity contribution in [2.75, 3.05) is 13.1 Å². The molecule has 0 bridgehead atoms. The van der Waals surface area contributed by atoms with Crippen molar-refractivity contribution in [2.45, 2.75) is 26.1 Å². The molecule has 0 aromatic carbocycles. The first-order valence-electron chi connectivity index (χ1n) is 4.30. The summed E-state index contributed by atoms with van der Waals surface area (Å²) in [6.45, 7) is 6.15. The zero-order valence-corrected chi connectivity index (χ0v) is 7.64. The van der Waals surface area contributed by atoms with E-state index in [-0.39, 0.29) is 5.92 Å². The van der Waals surface area contributed by atoms with Gasteiger partial charge in [0.25, 0.3) is 0 Å². The Morgan fingerprint density at radius 3 is 2.58 bits per heavy atom. The van der Waals surface area contributed by atoms with Gasteiger partial charge in [-0.05, 0) is 13.8 Å². The summed E-state index contributed by atoms with van der Waals surface area (Å²) in [5.41, 5.74) is 5.08. The summed E-state index contributed by atoms with van der Waals surface area (Å²) >= 11 is 0. The third-order valence-corrected chi connectivity index (χ3v) is 2.33. The molecule has 0 aromatic heterocycles. The lowest BCUT2D eigenvalue weighted by Gasteiger charge is -2.43. The lowest BCUT2D eigenvalue weighted by molar-refractivity contribution is -0.0147. The van der Waals surface area contributed by atoms with Crippen LogP contribution in [0.2, 0.25) is 0 Å². The molecule has 0 saturated carbocycles. The number of hydrogen-bond acceptors (Lipinski definition) is 3. The SMILES string of the molecule is CC(C)N1CC(C(O)/N=C/N)C1. The topological polar surface area (TPSA) is 61.8 Å². The Morgan fingerprint density at radius 2 is 2.17 bits per heavy atom. The van der Waals surface area contributed by atoms with Crippen molar-refractivity contribution in [1.29, 1.82) is 0 Å². The Kier molecular flexibility index (Phi) is 3.05. The maximum Gasteiger partial charge on any atom is 0.152 e. The molecule has 0 radical (unpaired) electrons. The van der Waals surface area contributed by atoms with Gasteiger partial charge in [0.05, 0.1) is 6.34 Å². The summed E-state index contributed by atoms with van der Waals surface area (Å²) < 4.78 is 0. The Labute approximate surface area is 73.1 Å². The van der Waals surface area contributed by atoms with Crippen LogP contribution in [-0.2, 0) is 0 Å². The van der Waals surface area contributed by atoms with Crippen LogP contribution in [-0.4, -0.2) is 41.7 Å². The minimum atomic E-state index is -0.606. The van der Waals surface area contributed by atoms with Gasteiger partial charge < -0.3 is 10.8 Å². The van der Waals surface area contributed by atoms with Gasteiger partial charge in [-0.2, -0.15) is 0 Å². The van der Waals surface area contributed by atoms with Crippen molar-refractivity contribution in [2.24, 2.45) is 16.6 Å². The van der Waals surface area contributed by atoms with E-state index in [1.807, 2.05) is 0 Å². The number of likely N-dealkylation sites (tertiary alicyclic amines) is 1. The molecule has 1 saturated heterocycles. The Bertz CT molecular complexity index is 164. The summed E-state index contributed by atoms with van der Waals surface area (Å²) in [4.78, 5) is 6.01. The number of hydrogen-bond donors (Lipinski definition) is 2. The first-order chi connectivity index (χ1) is 5.65. The summed E-state index contributed by atoms with van der Waals surface area (Å²) in [6, 6.07) is 0.565. The molecule has 1 unspecified atom stereocenters. The fourth-order valence-electron chi connectivity index (χ4n) is 1.37. The summed E-state index contributed by atoms with van der Waals surface area (Å²) in [5, 5.41) is 9.36. The molecular formula is C8H17N3O. The highest BCUT2D eigenvalue weighted by Crippen LogP contribution is 2.21. The van der Waals surface area contributed by atoms with Crippen LogP contribution in [0.1, 0.15) is 13.8 Å². The van der Waals surface area contributed by atoms with Gasteiger partial charge in [-0.15, -0.1) is 0 Å². The van der Waals surface area contributed by atoms with Crippen LogP contribution in [0.5, 0.6) is 0 Å². The minimum Gasteiger partial charge on any atom is -0.390 e. The van der Waals surface area contributed by atoms with E-state index < -0.39 is 6.23 Å². The molecule has 4 heteroatoms. The predicted molar refractivity (Wildman–Crippen MR) is 48.9 cm³/mol. The van der Waals surface area contributed by atoms with E-state index in [0.717, 1.165) is 13.1 Å². The van der Waals surface area contributed by atoms with E-state index in [9.17, 15) is 5.11 Å². The highest BCUT2D eigenvalue weighted by Gasteiger charge is 2.33. The maximum absolute atomic E-state index is 9.36. The first-order valence-corrected chi connectivity index (χ1v) is 4.30. The summed E-state index contributed by atoms with van der Waals surface area (Å²) in [6.07, 6.45) is 0.563. The van der Waals surface area contributed by atoms with Crippen molar-refractivity contribution in [3.63, 3.8) is 0 Å². The molecule has 1 rings (SSSR count). The van der Waals surface area contributed by atoms with E-state index in [2.05, 4.69) is 23.7 Å². The van der Waals surface area contributed by atoms with E-state index in [0.29, 0.717) is 6.04 Å². The lowest BCUT2D eigenvalue weighted by atomic mass is 9.97. The van der Waals surface area contributed by atoms with Crippen LogP contribution >= 0.6 is 0 Å². The van der Waals surface area contributed by atoms with Gasteiger partial charge in [-0.25, -0.2) is 4.99 Å². The second-order valence-corrected chi connectivity index (χ2v) is 3.52. The molecule has 1 aliphatic rings. The van der Waals surface area contributed by atoms with Crippen molar-refractivity contribution < 1.29 is 5.11 Å². The Balaban J connectivity index is 2.24. The summed E-state index contributed by atoms with van der Waals surface area (Å²) in [5.74, 6) is 0.271. The van der Waals surface area contributed by atoms with Crippen LogP contribution in [0.4, 0.5) is 0 Å². The van der Waals surface area contributed by atoms with Gasteiger partial charge in [0.2, 0.25) is 0 Å². The van der Waals surface area contributed by atoms with Gasteiger partial charge in [0.1, 0.15) is 0 Å². The fourth-order valence-corrected chi connectivity index (χ4v) is 1.37. The highest BCUT2D eigenvalue weighted by molar-refractivity contribution is 5.51. The number of aliphatic hydroxyl groups excluding tert-OH is 1. The Morgan fingerprint density at radius 1 is 1.58 bits per heavy atom. The largest absolute Gasteiger partial charge is 0.390 e. The molecule has 0 aromatic rings. The monoisotopic (exact) mass is 171 g/mol. The van der Waals surface area contributed by atoms with E-state index in [1.165, 1.54) is 6.34 Å². The number of rotatable bonds is 3. The zero-order valence-electron chi connectivity index (χ0n) is 7.64. The number of aliphatic imine (C=N–C) groups is 1. The van der Waals surface area contributed by atoms with Crippen molar-refractivity contribution >= 4 is 6.34 Å². The predicted octanol–water partition coefficient (Wildman–Crippen LogP) is -0.368. The Hall–Kier alpha value is -0.610. The second kappa shape index (κ2) is 3.87. The number of nitrogens with two attached hydrogens (primary N) is 1. The van der Waals surface area contributed by atoms with Crippen molar-refractivity contribution in [1.82, 2.24) is 4.90 Å². The highest BCUT2D eigenvalue weighted by atomic mass is 16.3. The number of nitrogens with zero attached hydrogens (tertiary/aromatic N) is 2. The molecule has 3 N–H and O–H groups in total. The molecule has 0 spiro atoms. The van der Waals surface area contributed by atoms with Gasteiger partial charge >= 0.3 is 0 Å². The van der Waals surface area contributed by atoms with Crippen LogP contribution in [0.15, 0.2) is 4.99 Å². The van der Waals surface area contributed by atoms with Crippen LogP contribution < -0.4 is 5.73 Å². The van der Waals surface area contributed by atoms with Gasteiger partial charge in [0, 0.05) is 25.0 Å². The van der Waals surface area contributed by atoms with E-state index in [1.54, 1.807) is 0 Å². The molecule has 1 aliphatic heterocycles. The quantitative estimate of drug-likeness (QED) is 0.450.